The SMILES string of the molecule is O=C1CCC(N2C(=O)c3cccc(NCc4cnc(-c5cccc(Cl)c5)o4)c3C2=O)C(=O)N1. The molecule has 2 aromatic carbocycles. The van der Waals surface area contributed by atoms with E-state index in [4.69, 9.17) is 16.0 Å². The lowest BCUT2D eigenvalue weighted by molar-refractivity contribution is -0.136. The van der Waals surface area contributed by atoms with Gasteiger partial charge >= 0.3 is 0 Å². The van der Waals surface area contributed by atoms with Gasteiger partial charge in [-0.05, 0) is 36.8 Å². The van der Waals surface area contributed by atoms with Crippen molar-refractivity contribution in [1.29, 1.82) is 0 Å². The molecular formula is C23H17ClN4O5. The molecule has 0 radical (unpaired) electrons. The van der Waals surface area contributed by atoms with Crippen LogP contribution in [0.2, 0.25) is 5.02 Å². The van der Waals surface area contributed by atoms with Gasteiger partial charge in [0.2, 0.25) is 17.7 Å². The third-order valence-corrected chi connectivity index (χ3v) is 5.78. The van der Waals surface area contributed by atoms with Crippen molar-refractivity contribution in [2.75, 3.05) is 5.32 Å². The molecule has 9 nitrogen and oxygen atoms in total. The van der Waals surface area contributed by atoms with Gasteiger partial charge in [-0.2, -0.15) is 0 Å². The molecular weight excluding hydrogens is 448 g/mol. The summed E-state index contributed by atoms with van der Waals surface area (Å²) in [4.78, 5) is 54.9. The highest BCUT2D eigenvalue weighted by atomic mass is 35.5. The van der Waals surface area contributed by atoms with Gasteiger partial charge < -0.3 is 9.73 Å². The summed E-state index contributed by atoms with van der Waals surface area (Å²) >= 11 is 6.02. The second-order valence-corrected chi connectivity index (χ2v) is 8.11. The standard InChI is InChI=1S/C23H17ClN4O5/c24-13-4-1-3-12(9-13)21-26-11-14(33-21)10-25-16-6-2-5-15-19(16)23(32)28(22(15)31)17-7-8-18(29)27-20(17)30/h1-6,9,11,17,25H,7-8,10H2,(H,27,29,30). The number of amides is 4. The smallest absolute Gasteiger partial charge is 0.264 e. The predicted octanol–water partition coefficient (Wildman–Crippen LogP) is 3.01. The summed E-state index contributed by atoms with van der Waals surface area (Å²) in [5.41, 5.74) is 1.55. The summed E-state index contributed by atoms with van der Waals surface area (Å²) in [6, 6.07) is 11.0. The van der Waals surface area contributed by atoms with Crippen LogP contribution in [0, 0.1) is 0 Å². The van der Waals surface area contributed by atoms with Crippen LogP contribution in [0.25, 0.3) is 11.5 Å². The molecule has 2 aliphatic rings. The zero-order valence-corrected chi connectivity index (χ0v) is 17.9. The van der Waals surface area contributed by atoms with E-state index in [9.17, 15) is 19.2 Å². The number of nitrogens with zero attached hydrogens (tertiary/aromatic N) is 2. The number of hydrogen-bond acceptors (Lipinski definition) is 7. The minimum Gasteiger partial charge on any atom is -0.439 e. The first-order valence-electron chi connectivity index (χ1n) is 10.2. The molecule has 33 heavy (non-hydrogen) atoms. The van der Waals surface area contributed by atoms with Crippen LogP contribution in [0.5, 0.6) is 0 Å². The Morgan fingerprint density at radius 1 is 1.12 bits per heavy atom. The number of anilines is 1. The summed E-state index contributed by atoms with van der Waals surface area (Å²) in [5, 5.41) is 5.87. The van der Waals surface area contributed by atoms with E-state index in [2.05, 4.69) is 15.6 Å². The average Bonchev–Trinajstić information content (AvgIpc) is 3.37. The van der Waals surface area contributed by atoms with E-state index < -0.39 is 29.7 Å². The second kappa shape index (κ2) is 8.18. The van der Waals surface area contributed by atoms with Gasteiger partial charge in [0.05, 0.1) is 23.9 Å². The molecule has 1 aromatic heterocycles. The summed E-state index contributed by atoms with van der Waals surface area (Å²) in [6.45, 7) is 0.212. The number of nitrogens with one attached hydrogen (secondary N) is 2. The fourth-order valence-corrected chi connectivity index (χ4v) is 4.18. The van der Waals surface area contributed by atoms with Crippen LogP contribution in [-0.4, -0.2) is 39.6 Å². The molecule has 3 heterocycles. The summed E-state index contributed by atoms with van der Waals surface area (Å²) in [7, 11) is 0. The van der Waals surface area contributed by atoms with Gasteiger partial charge in [-0.25, -0.2) is 4.98 Å². The van der Waals surface area contributed by atoms with Crippen LogP contribution in [0.1, 0.15) is 39.3 Å². The number of aromatic nitrogens is 1. The van der Waals surface area contributed by atoms with Gasteiger partial charge in [0.15, 0.2) is 0 Å². The number of carbonyl (C=O) groups is 4. The van der Waals surface area contributed by atoms with Gasteiger partial charge in [0.25, 0.3) is 11.8 Å². The molecule has 4 amide bonds. The highest BCUT2D eigenvalue weighted by molar-refractivity contribution is 6.30. The Bertz CT molecular complexity index is 1320. The van der Waals surface area contributed by atoms with Crippen molar-refractivity contribution in [2.24, 2.45) is 0 Å². The zero-order chi connectivity index (χ0) is 23.1. The van der Waals surface area contributed by atoms with E-state index in [1.807, 2.05) is 6.07 Å². The monoisotopic (exact) mass is 464 g/mol. The normalized spacial score (nSPS) is 17.8. The third-order valence-electron chi connectivity index (χ3n) is 5.55. The van der Waals surface area contributed by atoms with Crippen LogP contribution in [-0.2, 0) is 16.1 Å². The van der Waals surface area contributed by atoms with Crippen LogP contribution < -0.4 is 10.6 Å². The zero-order valence-electron chi connectivity index (χ0n) is 17.1. The maximum Gasteiger partial charge on any atom is 0.264 e. The van der Waals surface area contributed by atoms with E-state index >= 15 is 0 Å². The van der Waals surface area contributed by atoms with Crippen molar-refractivity contribution in [2.45, 2.75) is 25.4 Å². The minimum atomic E-state index is -1.02. The quantitative estimate of drug-likeness (QED) is 0.556. The van der Waals surface area contributed by atoms with Crippen LogP contribution in [0.4, 0.5) is 5.69 Å². The molecule has 0 spiro atoms. The number of halogens is 1. The predicted molar refractivity (Wildman–Crippen MR) is 117 cm³/mol. The third kappa shape index (κ3) is 3.76. The fraction of sp³-hybridized carbons (Fsp3) is 0.174. The second-order valence-electron chi connectivity index (χ2n) is 7.67. The van der Waals surface area contributed by atoms with Crippen molar-refractivity contribution >= 4 is 40.9 Å². The molecule has 3 aromatic rings. The van der Waals surface area contributed by atoms with Crippen molar-refractivity contribution in [3.63, 3.8) is 0 Å². The van der Waals surface area contributed by atoms with Crippen molar-refractivity contribution < 1.29 is 23.6 Å². The summed E-state index contributed by atoms with van der Waals surface area (Å²) < 4.78 is 5.77. The molecule has 166 valence electrons. The van der Waals surface area contributed by atoms with E-state index in [0.29, 0.717) is 22.4 Å². The van der Waals surface area contributed by atoms with Crippen LogP contribution in [0.3, 0.4) is 0 Å². The first kappa shape index (κ1) is 20.9. The number of rotatable bonds is 5. The number of hydrogen-bond donors (Lipinski definition) is 2. The lowest BCUT2D eigenvalue weighted by atomic mass is 10.0. The number of carbonyl (C=O) groups excluding carboxylic acids is 4. The molecule has 5 rings (SSSR count). The lowest BCUT2D eigenvalue weighted by Gasteiger charge is -2.27. The van der Waals surface area contributed by atoms with Crippen molar-refractivity contribution in [1.82, 2.24) is 15.2 Å². The Kier molecular flexibility index (Phi) is 5.18. The van der Waals surface area contributed by atoms with Crippen LogP contribution in [0.15, 0.2) is 53.1 Å². The average molecular weight is 465 g/mol. The number of imide groups is 2. The van der Waals surface area contributed by atoms with E-state index in [0.717, 1.165) is 10.5 Å². The first-order valence-corrected chi connectivity index (χ1v) is 10.6. The van der Waals surface area contributed by atoms with Crippen molar-refractivity contribution in [3.8, 4) is 11.5 Å². The van der Waals surface area contributed by atoms with Crippen LogP contribution >= 0.6 is 11.6 Å². The van der Waals surface area contributed by atoms with E-state index in [-0.39, 0.29) is 30.5 Å². The Morgan fingerprint density at radius 3 is 2.73 bits per heavy atom. The fourth-order valence-electron chi connectivity index (χ4n) is 3.99. The number of oxazole rings is 1. The van der Waals surface area contributed by atoms with Gasteiger partial charge in [0.1, 0.15) is 11.8 Å². The molecule has 2 N–H and O–H groups in total. The Hall–Kier alpha value is -3.98. The van der Waals surface area contributed by atoms with Gasteiger partial charge in [-0.1, -0.05) is 23.7 Å². The Labute approximate surface area is 192 Å². The van der Waals surface area contributed by atoms with E-state index in [1.54, 1.807) is 42.6 Å². The largest absolute Gasteiger partial charge is 0.439 e. The summed E-state index contributed by atoms with van der Waals surface area (Å²) in [5.74, 6) is -1.28. The highest BCUT2D eigenvalue weighted by Crippen LogP contribution is 2.33. The molecule has 0 saturated carbocycles. The minimum absolute atomic E-state index is 0.0649. The molecule has 0 aliphatic carbocycles. The topological polar surface area (TPSA) is 122 Å². The lowest BCUT2D eigenvalue weighted by Crippen LogP contribution is -2.54. The number of benzene rings is 2. The molecule has 0 bridgehead atoms. The van der Waals surface area contributed by atoms with Gasteiger partial charge in [-0.3, -0.25) is 29.4 Å². The molecule has 1 fully saturated rings. The molecule has 10 heteroatoms. The molecule has 1 saturated heterocycles. The van der Waals surface area contributed by atoms with Gasteiger partial charge in [-0.15, -0.1) is 0 Å². The molecule has 1 atom stereocenters. The van der Waals surface area contributed by atoms with Gasteiger partial charge in [0, 0.05) is 22.7 Å². The number of fused-ring (bicyclic) bond motifs is 1. The first-order chi connectivity index (χ1) is 15.9. The molecule has 2 aliphatic heterocycles. The van der Waals surface area contributed by atoms with E-state index in [1.165, 1.54) is 0 Å². The maximum atomic E-state index is 13.1. The Morgan fingerprint density at radius 2 is 1.94 bits per heavy atom. The number of piperidine rings is 1. The molecule has 1 unspecified atom stereocenters. The maximum absolute atomic E-state index is 13.1. The highest BCUT2D eigenvalue weighted by Gasteiger charge is 2.45. The summed E-state index contributed by atoms with van der Waals surface area (Å²) in [6.07, 6.45) is 1.73. The Balaban J connectivity index is 1.36. The van der Waals surface area contributed by atoms with Crippen molar-refractivity contribution in [3.05, 3.63) is 70.6 Å².